The Morgan fingerprint density at radius 2 is 1.53 bits per heavy atom. The molecule has 2 rings (SSSR count). The van der Waals surface area contributed by atoms with Gasteiger partial charge >= 0.3 is 24.2 Å². The van der Waals surface area contributed by atoms with E-state index in [4.69, 9.17) is 44.2 Å². The van der Waals surface area contributed by atoms with Crippen LogP contribution in [0, 0.1) is 0 Å². The van der Waals surface area contributed by atoms with Crippen LogP contribution in [0.25, 0.3) is 11.2 Å². The van der Waals surface area contributed by atoms with Gasteiger partial charge in [0.05, 0.1) is 37.3 Å². The van der Waals surface area contributed by atoms with E-state index in [0.29, 0.717) is 29.9 Å². The van der Waals surface area contributed by atoms with E-state index in [1.54, 1.807) is 45.5 Å². The first kappa shape index (κ1) is 36.7. The Kier molecular flexibility index (Phi) is 15.6. The molecular formula is C24H36N5O13P. The van der Waals surface area contributed by atoms with Crippen molar-refractivity contribution in [2.45, 2.75) is 59.5 Å². The Labute approximate surface area is 246 Å². The van der Waals surface area contributed by atoms with Crippen LogP contribution in [-0.2, 0) is 48.9 Å². The van der Waals surface area contributed by atoms with Gasteiger partial charge < -0.3 is 44.2 Å². The number of nitrogens with two attached hydrogens (primary N) is 1. The van der Waals surface area contributed by atoms with Crippen LogP contribution in [-0.4, -0.2) is 98.2 Å². The van der Waals surface area contributed by atoms with E-state index in [-0.39, 0.29) is 31.0 Å². The zero-order chi connectivity index (χ0) is 32.6. The topological polar surface area (TPSA) is 251 Å². The average molecular weight is 634 g/mol. The number of carbonyl (C=O) groups is 4. The maximum absolute atomic E-state index is 13.3. The van der Waals surface area contributed by atoms with Crippen LogP contribution in [0.5, 0.6) is 0 Å². The Bertz CT molecular complexity index is 1250. The molecule has 0 radical (unpaired) electrons. The summed E-state index contributed by atoms with van der Waals surface area (Å²) in [5, 5.41) is 15.6. The van der Waals surface area contributed by atoms with Gasteiger partial charge in [-0.1, -0.05) is 0 Å². The van der Waals surface area contributed by atoms with Crippen LogP contribution < -0.4 is 5.73 Å². The van der Waals surface area contributed by atoms with Crippen LogP contribution in [0.4, 0.5) is 15.4 Å². The van der Waals surface area contributed by atoms with Crippen LogP contribution in [0.3, 0.4) is 0 Å². The molecule has 0 saturated carbocycles. The number of carboxylic acid groups (broad SMARTS) is 2. The third-order valence-corrected chi connectivity index (χ3v) is 6.57. The lowest BCUT2D eigenvalue weighted by atomic mass is 10.4. The van der Waals surface area contributed by atoms with Crippen molar-refractivity contribution < 1.29 is 62.2 Å². The molecule has 2 atom stereocenters. The normalized spacial score (nSPS) is 13.2. The molecule has 0 aliphatic rings. The highest BCUT2D eigenvalue weighted by Gasteiger charge is 2.27. The molecule has 18 nitrogen and oxygen atoms in total. The molecule has 0 spiro atoms. The molecule has 0 aromatic carbocycles. The smallest absolute Gasteiger partial charge is 0.478 e. The maximum atomic E-state index is 13.3. The number of imidazole rings is 1. The molecule has 19 heteroatoms. The summed E-state index contributed by atoms with van der Waals surface area (Å²) in [4.78, 5) is 54.5. The first-order valence-electron chi connectivity index (χ1n) is 12.7. The first-order valence-corrected chi connectivity index (χ1v) is 14.7. The molecule has 1 unspecified atom stereocenters. The summed E-state index contributed by atoms with van der Waals surface area (Å²) in [6, 6.07) is 0. The number of rotatable bonds is 15. The van der Waals surface area contributed by atoms with Crippen molar-refractivity contribution in [3.8, 4) is 0 Å². The number of carbonyl (C=O) groups excluding carboxylic acids is 2. The van der Waals surface area contributed by atoms with Gasteiger partial charge in [-0.15, -0.1) is 0 Å². The number of hydrogen-bond acceptors (Lipinski definition) is 15. The number of nitrogen functional groups attached to an aromatic ring is 1. The first-order chi connectivity index (χ1) is 20.1. The van der Waals surface area contributed by atoms with Gasteiger partial charge in [0.1, 0.15) is 24.8 Å². The molecule has 0 amide bonds. The number of anilines is 1. The summed E-state index contributed by atoms with van der Waals surface area (Å²) >= 11 is 0. The van der Waals surface area contributed by atoms with Crippen molar-refractivity contribution in [3.05, 3.63) is 24.8 Å². The summed E-state index contributed by atoms with van der Waals surface area (Å²) in [7, 11) is -3.56. The lowest BCUT2D eigenvalue weighted by Gasteiger charge is -2.21. The number of aliphatic carboxylic acids is 2. The van der Waals surface area contributed by atoms with Crippen molar-refractivity contribution in [2.24, 2.45) is 0 Å². The van der Waals surface area contributed by atoms with Gasteiger partial charge in [-0.2, -0.15) is 0 Å². The van der Waals surface area contributed by atoms with Crippen LogP contribution in [0.15, 0.2) is 24.8 Å². The third-order valence-electron chi connectivity index (χ3n) is 4.59. The highest BCUT2D eigenvalue weighted by molar-refractivity contribution is 7.58. The Morgan fingerprint density at radius 3 is 2.09 bits per heavy atom. The van der Waals surface area contributed by atoms with Crippen molar-refractivity contribution in [2.75, 3.05) is 31.6 Å². The fourth-order valence-electron chi connectivity index (χ4n) is 2.80. The van der Waals surface area contributed by atoms with Gasteiger partial charge in [-0.3, -0.25) is 9.09 Å². The Balaban J connectivity index is 0.00000101. The predicted octanol–water partition coefficient (Wildman–Crippen LogP) is 2.86. The van der Waals surface area contributed by atoms with Gasteiger partial charge in [0.2, 0.25) is 14.2 Å². The number of nitrogens with zero attached hydrogens (tertiary/aromatic N) is 4. The summed E-state index contributed by atoms with van der Waals surface area (Å²) in [6.07, 6.45) is 0.414. The van der Waals surface area contributed by atoms with Gasteiger partial charge in [0.25, 0.3) is 0 Å². The van der Waals surface area contributed by atoms with Crippen LogP contribution in [0.1, 0.15) is 34.6 Å². The number of hydrogen-bond donors (Lipinski definition) is 3. The molecule has 0 bridgehead atoms. The molecule has 43 heavy (non-hydrogen) atoms. The van der Waals surface area contributed by atoms with Crippen LogP contribution >= 0.6 is 7.37 Å². The molecule has 0 saturated heterocycles. The zero-order valence-corrected chi connectivity index (χ0v) is 25.2. The lowest BCUT2D eigenvalue weighted by molar-refractivity contribution is -0.134. The minimum atomic E-state index is -3.56. The largest absolute Gasteiger partial charge is 0.510 e. The molecule has 0 fully saturated rings. The predicted molar refractivity (Wildman–Crippen MR) is 148 cm³/mol. The molecule has 0 aliphatic carbocycles. The highest BCUT2D eigenvalue weighted by Crippen LogP contribution is 2.47. The number of fused-ring (bicyclic) bond motifs is 1. The van der Waals surface area contributed by atoms with Crippen molar-refractivity contribution >= 4 is 48.6 Å². The van der Waals surface area contributed by atoms with E-state index >= 15 is 0 Å². The van der Waals surface area contributed by atoms with Crippen LogP contribution in [0.2, 0.25) is 0 Å². The Hall–Kier alpha value is -4.28. The minimum absolute atomic E-state index is 0.187. The van der Waals surface area contributed by atoms with Gasteiger partial charge in [-0.05, 0) is 34.6 Å². The molecule has 2 aromatic rings. The van der Waals surface area contributed by atoms with E-state index in [1.165, 1.54) is 6.33 Å². The minimum Gasteiger partial charge on any atom is -0.478 e. The molecule has 240 valence electrons. The van der Waals surface area contributed by atoms with Gasteiger partial charge in [0, 0.05) is 12.2 Å². The van der Waals surface area contributed by atoms with Crippen molar-refractivity contribution in [1.82, 2.24) is 19.5 Å². The highest BCUT2D eigenvalue weighted by atomic mass is 31.2. The van der Waals surface area contributed by atoms with Crippen molar-refractivity contribution in [1.29, 1.82) is 0 Å². The second-order valence-electron chi connectivity index (χ2n) is 9.06. The molecular weight excluding hydrogens is 597 g/mol. The van der Waals surface area contributed by atoms with Crippen molar-refractivity contribution in [3.63, 3.8) is 0 Å². The van der Waals surface area contributed by atoms with Gasteiger partial charge in [0.15, 0.2) is 11.5 Å². The molecule has 2 heterocycles. The molecule has 0 aliphatic heterocycles. The monoisotopic (exact) mass is 633 g/mol. The number of ether oxygens (including phenoxy) is 5. The van der Waals surface area contributed by atoms with E-state index < -0.39 is 50.6 Å². The average Bonchev–Trinajstić information content (AvgIpc) is 3.30. The number of aromatic nitrogens is 4. The summed E-state index contributed by atoms with van der Waals surface area (Å²) < 4.78 is 45.6. The SMILES string of the molecule is CC(C)OC(=O)OCCP(=O)(CO[C@H](C)Cn1cnc2c(N)ncnc21)OCOC(=O)OC(C)C.O=C(O)/C=C/C(=O)O. The summed E-state index contributed by atoms with van der Waals surface area (Å²) in [5.74, 6) is -2.26. The summed E-state index contributed by atoms with van der Waals surface area (Å²) in [5.41, 5.74) is 6.80. The number of carboxylic acids is 2. The molecule has 2 aromatic heterocycles. The van der Waals surface area contributed by atoms with E-state index in [1.807, 2.05) is 0 Å². The Morgan fingerprint density at radius 1 is 0.953 bits per heavy atom. The lowest BCUT2D eigenvalue weighted by Crippen LogP contribution is -2.21. The quantitative estimate of drug-likeness (QED) is 0.110. The van der Waals surface area contributed by atoms with E-state index in [9.17, 15) is 23.7 Å². The van der Waals surface area contributed by atoms with E-state index in [2.05, 4.69) is 15.0 Å². The van der Waals surface area contributed by atoms with E-state index in [0.717, 1.165) is 0 Å². The second-order valence-corrected chi connectivity index (χ2v) is 11.6. The third kappa shape index (κ3) is 15.5. The molecule has 4 N–H and O–H groups in total. The second kappa shape index (κ2) is 18.3. The standard InChI is InChI=1S/C20H32N5O9P.C4H4O4/c1-13(2)33-19(26)29-6-7-35(28,32-11-30-20(27)34-14(3)4)12-31-15(5)8-25-10-24-16-17(21)22-9-23-18(16)25;5-3(6)1-2-4(7)8/h9-10,13-15H,6-8,11-12H2,1-5H3,(H2,21,22,23);1-2H,(H,5,6)(H,7,8)/b;2-1+/t15-,35?;/m1./s1. The van der Waals surface area contributed by atoms with Gasteiger partial charge in [-0.25, -0.2) is 34.1 Å². The summed E-state index contributed by atoms with van der Waals surface area (Å²) in [6.45, 7) is 7.84. The fraction of sp³-hybridized carbons (Fsp3) is 0.542. The fourth-order valence-corrected chi connectivity index (χ4v) is 4.23. The maximum Gasteiger partial charge on any atom is 0.510 e. The zero-order valence-electron chi connectivity index (χ0n) is 24.3.